The van der Waals surface area contributed by atoms with Gasteiger partial charge in [0, 0.05) is 6.42 Å². The van der Waals surface area contributed by atoms with Crippen LogP contribution in [-0.4, -0.2) is 87.5 Å². The second kappa shape index (κ2) is 32.3. The minimum atomic E-state index is -1.58. The lowest BCUT2D eigenvalue weighted by Gasteiger charge is -2.40. The van der Waals surface area contributed by atoms with Gasteiger partial charge in [-0.1, -0.05) is 125 Å². The average molecular weight is 718 g/mol. The molecule has 1 rings (SSSR count). The number of hydrogen-bond donors (Lipinski definition) is 6. The third-order valence-electron chi connectivity index (χ3n) is 8.72. The van der Waals surface area contributed by atoms with Crippen LogP contribution in [0.1, 0.15) is 129 Å². The van der Waals surface area contributed by atoms with E-state index in [-0.39, 0.29) is 12.5 Å². The monoisotopic (exact) mass is 718 g/mol. The van der Waals surface area contributed by atoms with Gasteiger partial charge in [0.15, 0.2) is 6.29 Å². The zero-order chi connectivity index (χ0) is 37.4. The quantitative estimate of drug-likeness (QED) is 0.0342. The van der Waals surface area contributed by atoms with Gasteiger partial charge in [-0.15, -0.1) is 0 Å². The van der Waals surface area contributed by atoms with Crippen molar-refractivity contribution in [1.29, 1.82) is 0 Å². The maximum Gasteiger partial charge on any atom is 0.220 e. The molecule has 0 aromatic carbocycles. The Kier molecular flexibility index (Phi) is 29.5. The van der Waals surface area contributed by atoms with E-state index in [1.807, 2.05) is 6.08 Å². The molecule has 0 aromatic rings. The molecule has 51 heavy (non-hydrogen) atoms. The van der Waals surface area contributed by atoms with E-state index in [0.717, 1.165) is 89.9 Å². The predicted octanol–water partition coefficient (Wildman–Crippen LogP) is 7.05. The number of ether oxygens (including phenoxy) is 2. The molecule has 292 valence electrons. The molecular weight excluding hydrogens is 646 g/mol. The molecule has 1 heterocycles. The van der Waals surface area contributed by atoms with Crippen LogP contribution < -0.4 is 5.32 Å². The summed E-state index contributed by atoms with van der Waals surface area (Å²) in [7, 11) is 0. The van der Waals surface area contributed by atoms with Crippen LogP contribution in [0, 0.1) is 0 Å². The van der Waals surface area contributed by atoms with E-state index in [0.29, 0.717) is 6.42 Å². The molecule has 0 radical (unpaired) electrons. The molecular formula is C42H71NO8. The molecule has 1 saturated heterocycles. The Hall–Kier alpha value is -2.37. The van der Waals surface area contributed by atoms with Gasteiger partial charge >= 0.3 is 0 Å². The topological polar surface area (TPSA) is 149 Å². The zero-order valence-electron chi connectivity index (χ0n) is 31.6. The van der Waals surface area contributed by atoms with Crippen LogP contribution in [0.2, 0.25) is 0 Å². The van der Waals surface area contributed by atoms with Gasteiger partial charge in [-0.25, -0.2) is 0 Å². The van der Waals surface area contributed by atoms with Crippen molar-refractivity contribution in [1.82, 2.24) is 5.32 Å². The molecule has 0 spiro atoms. The highest BCUT2D eigenvalue weighted by Gasteiger charge is 2.44. The van der Waals surface area contributed by atoms with Gasteiger partial charge in [0.1, 0.15) is 24.4 Å². The summed E-state index contributed by atoms with van der Waals surface area (Å²) in [5.41, 5.74) is 0. The first kappa shape index (κ1) is 46.7. The summed E-state index contributed by atoms with van der Waals surface area (Å²) in [6.45, 7) is 3.52. The third kappa shape index (κ3) is 23.7. The molecule has 0 saturated carbocycles. The van der Waals surface area contributed by atoms with Crippen LogP contribution >= 0.6 is 0 Å². The van der Waals surface area contributed by atoms with Gasteiger partial charge in [0.2, 0.25) is 5.91 Å². The second-order valence-corrected chi connectivity index (χ2v) is 13.3. The number of allylic oxidation sites excluding steroid dienone is 11. The predicted molar refractivity (Wildman–Crippen MR) is 207 cm³/mol. The standard InChI is InChI=1S/C42H71NO8/c1-3-5-7-9-11-13-15-16-17-18-19-20-22-24-26-28-30-32-38(46)43-35(34-50-42-41(49)40(48)39(47)37(33-44)51-42)36(45)31-29-27-25-23-21-14-12-10-8-6-4-2/h5,7-8,10-11,13,16-17,21,23,29,31,35-37,39-42,44-45,47-49H,3-4,6,9,12,14-15,18-20,22,24-28,30,32-34H2,1-2H3,(H,43,46)/b7-5-,10-8+,13-11-,17-16-,23-21+,31-29+. The number of nitrogens with one attached hydrogen (secondary N) is 1. The first-order chi connectivity index (χ1) is 24.8. The Balaban J connectivity index is 2.45. The number of amides is 1. The summed E-state index contributed by atoms with van der Waals surface area (Å²) in [6.07, 6.45) is 35.2. The lowest BCUT2D eigenvalue weighted by atomic mass is 9.99. The number of aliphatic hydroxyl groups is 5. The van der Waals surface area contributed by atoms with E-state index >= 15 is 0 Å². The minimum absolute atomic E-state index is 0.208. The molecule has 7 unspecified atom stereocenters. The molecule has 0 aliphatic carbocycles. The van der Waals surface area contributed by atoms with E-state index < -0.39 is 49.5 Å². The fourth-order valence-corrected chi connectivity index (χ4v) is 5.56. The zero-order valence-corrected chi connectivity index (χ0v) is 31.6. The molecule has 9 nitrogen and oxygen atoms in total. The fourth-order valence-electron chi connectivity index (χ4n) is 5.56. The summed E-state index contributed by atoms with van der Waals surface area (Å²) in [5, 5.41) is 53.9. The number of aliphatic hydroxyl groups excluding tert-OH is 5. The molecule has 0 aromatic heterocycles. The van der Waals surface area contributed by atoms with Gasteiger partial charge in [0.05, 0.1) is 25.4 Å². The van der Waals surface area contributed by atoms with Crippen LogP contribution in [0.3, 0.4) is 0 Å². The Morgan fingerprint density at radius 1 is 0.686 bits per heavy atom. The number of hydrogen-bond acceptors (Lipinski definition) is 8. The Morgan fingerprint density at radius 2 is 1.24 bits per heavy atom. The van der Waals surface area contributed by atoms with Crippen molar-refractivity contribution in [2.45, 2.75) is 172 Å². The van der Waals surface area contributed by atoms with Crippen molar-refractivity contribution in [2.75, 3.05) is 13.2 Å². The Morgan fingerprint density at radius 3 is 1.86 bits per heavy atom. The summed E-state index contributed by atoms with van der Waals surface area (Å²) in [5.74, 6) is -0.208. The van der Waals surface area contributed by atoms with Crippen LogP contribution in [0.5, 0.6) is 0 Å². The Labute approximate surface area is 308 Å². The van der Waals surface area contributed by atoms with Crippen LogP contribution in [0.15, 0.2) is 72.9 Å². The van der Waals surface area contributed by atoms with Crippen molar-refractivity contribution in [3.63, 3.8) is 0 Å². The van der Waals surface area contributed by atoms with E-state index in [9.17, 15) is 30.3 Å². The summed E-state index contributed by atoms with van der Waals surface area (Å²) in [6, 6.07) is -0.834. The number of carbonyl (C=O) groups excluding carboxylic acids is 1. The van der Waals surface area contributed by atoms with E-state index in [1.54, 1.807) is 6.08 Å². The van der Waals surface area contributed by atoms with Gasteiger partial charge in [-0.3, -0.25) is 4.79 Å². The normalized spacial score (nSPS) is 22.8. The third-order valence-corrected chi connectivity index (χ3v) is 8.72. The molecule has 1 aliphatic heterocycles. The molecule has 6 N–H and O–H groups in total. The fraction of sp³-hybridized carbons (Fsp3) is 0.690. The SMILES string of the molecule is CC/C=C\C/C=C\C/C=C\CCCCCCCCCC(=O)NC(COC1OC(CO)C(O)C(O)C1O)C(O)/C=C/CC/C=C/CC/C=C/CCC. The molecule has 1 amide bonds. The molecule has 9 heteroatoms. The highest BCUT2D eigenvalue weighted by Crippen LogP contribution is 2.22. The minimum Gasteiger partial charge on any atom is -0.394 e. The van der Waals surface area contributed by atoms with Crippen LogP contribution in [-0.2, 0) is 14.3 Å². The first-order valence-electron chi connectivity index (χ1n) is 19.7. The molecule has 1 aliphatic rings. The molecule has 1 fully saturated rings. The van der Waals surface area contributed by atoms with E-state index in [4.69, 9.17) is 9.47 Å². The maximum absolute atomic E-state index is 12.9. The lowest BCUT2D eigenvalue weighted by molar-refractivity contribution is -0.302. The van der Waals surface area contributed by atoms with Crippen molar-refractivity contribution < 1.29 is 39.8 Å². The Bertz CT molecular complexity index is 1020. The van der Waals surface area contributed by atoms with E-state index in [2.05, 4.69) is 79.9 Å². The van der Waals surface area contributed by atoms with Crippen molar-refractivity contribution in [2.24, 2.45) is 0 Å². The number of unbranched alkanes of at least 4 members (excludes halogenated alkanes) is 10. The average Bonchev–Trinajstić information content (AvgIpc) is 3.13. The maximum atomic E-state index is 12.9. The lowest BCUT2D eigenvalue weighted by Crippen LogP contribution is -2.60. The largest absolute Gasteiger partial charge is 0.394 e. The highest BCUT2D eigenvalue weighted by atomic mass is 16.7. The van der Waals surface area contributed by atoms with Crippen LogP contribution in [0.25, 0.3) is 0 Å². The summed E-state index contributed by atoms with van der Waals surface area (Å²) < 4.78 is 11.1. The van der Waals surface area contributed by atoms with Crippen LogP contribution in [0.4, 0.5) is 0 Å². The van der Waals surface area contributed by atoms with Crippen molar-refractivity contribution in [3.05, 3.63) is 72.9 Å². The van der Waals surface area contributed by atoms with Gasteiger partial charge < -0.3 is 40.3 Å². The number of carbonyl (C=O) groups is 1. The summed E-state index contributed by atoms with van der Waals surface area (Å²) in [4.78, 5) is 12.9. The van der Waals surface area contributed by atoms with E-state index in [1.165, 1.54) is 19.3 Å². The van der Waals surface area contributed by atoms with Crippen molar-refractivity contribution >= 4 is 5.91 Å². The van der Waals surface area contributed by atoms with Gasteiger partial charge in [-0.2, -0.15) is 0 Å². The second-order valence-electron chi connectivity index (χ2n) is 13.3. The van der Waals surface area contributed by atoms with Gasteiger partial charge in [0.25, 0.3) is 0 Å². The number of rotatable bonds is 30. The molecule has 0 bridgehead atoms. The van der Waals surface area contributed by atoms with Crippen molar-refractivity contribution in [3.8, 4) is 0 Å². The first-order valence-corrected chi connectivity index (χ1v) is 19.7. The highest BCUT2D eigenvalue weighted by molar-refractivity contribution is 5.76. The van der Waals surface area contributed by atoms with Gasteiger partial charge in [-0.05, 0) is 70.6 Å². The molecule has 7 atom stereocenters. The smallest absolute Gasteiger partial charge is 0.220 e. The summed E-state index contributed by atoms with van der Waals surface area (Å²) >= 11 is 0.